The molecule has 1 aliphatic rings. The van der Waals surface area contributed by atoms with E-state index >= 15 is 0 Å². The van der Waals surface area contributed by atoms with E-state index in [4.69, 9.17) is 0 Å². The molecule has 1 fully saturated rings. The maximum absolute atomic E-state index is 13.8. The molecule has 1 saturated heterocycles. The minimum absolute atomic E-state index is 0.0207. The molecular formula is C22H21FN4O3. The van der Waals surface area contributed by atoms with Crippen LogP contribution in [0.5, 0.6) is 0 Å². The standard InChI is InChI=1S/C22H21FN4O3/c1-14-6-7-16(13-18(14)23)22(28)26-10-8-25(9-11-26)20-12-15(2)24-21-17(20)4-3-5-19(21)27(29)30/h3-7,12-13H,8-11H2,1-2H3. The van der Waals surface area contributed by atoms with Gasteiger partial charge in [-0.25, -0.2) is 9.37 Å². The van der Waals surface area contributed by atoms with Gasteiger partial charge >= 0.3 is 0 Å². The summed E-state index contributed by atoms with van der Waals surface area (Å²) in [6.07, 6.45) is 0. The van der Waals surface area contributed by atoms with Gasteiger partial charge in [-0.1, -0.05) is 18.2 Å². The zero-order chi connectivity index (χ0) is 21.4. The smallest absolute Gasteiger partial charge is 0.295 e. The van der Waals surface area contributed by atoms with Crippen LogP contribution in [0.15, 0.2) is 42.5 Å². The Balaban J connectivity index is 1.58. The van der Waals surface area contributed by atoms with Gasteiger partial charge in [0.25, 0.3) is 11.6 Å². The van der Waals surface area contributed by atoms with Gasteiger partial charge < -0.3 is 9.80 Å². The highest BCUT2D eigenvalue weighted by Gasteiger charge is 2.25. The first kappa shape index (κ1) is 19.8. The molecule has 2 heterocycles. The number of para-hydroxylation sites is 1. The van der Waals surface area contributed by atoms with E-state index in [1.165, 1.54) is 12.1 Å². The number of nitro benzene ring substituents is 1. The highest BCUT2D eigenvalue weighted by molar-refractivity contribution is 5.97. The van der Waals surface area contributed by atoms with Crippen LogP contribution in [0.2, 0.25) is 0 Å². The molecule has 8 heteroatoms. The van der Waals surface area contributed by atoms with Crippen molar-refractivity contribution < 1.29 is 14.1 Å². The quantitative estimate of drug-likeness (QED) is 0.486. The number of pyridine rings is 1. The molecular weight excluding hydrogens is 387 g/mol. The summed E-state index contributed by atoms with van der Waals surface area (Å²) < 4.78 is 13.8. The molecule has 0 saturated carbocycles. The number of piperazine rings is 1. The molecule has 154 valence electrons. The van der Waals surface area contributed by atoms with Gasteiger partial charge in [0.2, 0.25) is 0 Å². The lowest BCUT2D eigenvalue weighted by Gasteiger charge is -2.36. The second-order valence-corrected chi connectivity index (χ2v) is 7.46. The molecule has 0 unspecified atom stereocenters. The number of non-ortho nitro benzene ring substituents is 1. The molecule has 0 N–H and O–H groups in total. The molecule has 0 radical (unpaired) electrons. The van der Waals surface area contributed by atoms with Crippen LogP contribution in [0.1, 0.15) is 21.6 Å². The number of aryl methyl sites for hydroxylation is 2. The third-order valence-corrected chi connectivity index (χ3v) is 5.45. The maximum Gasteiger partial charge on any atom is 0.295 e. The lowest BCUT2D eigenvalue weighted by atomic mass is 10.1. The van der Waals surface area contributed by atoms with E-state index in [2.05, 4.69) is 9.88 Å². The summed E-state index contributed by atoms with van der Waals surface area (Å²) >= 11 is 0. The second kappa shape index (κ2) is 7.70. The van der Waals surface area contributed by atoms with Gasteiger partial charge in [-0.3, -0.25) is 14.9 Å². The van der Waals surface area contributed by atoms with Crippen molar-refractivity contribution in [2.24, 2.45) is 0 Å². The number of amides is 1. The van der Waals surface area contributed by atoms with Crippen LogP contribution in [0.4, 0.5) is 15.8 Å². The third kappa shape index (κ3) is 3.56. The van der Waals surface area contributed by atoms with Gasteiger partial charge in [0.1, 0.15) is 5.82 Å². The molecule has 1 aliphatic heterocycles. The Labute approximate surface area is 172 Å². The fraction of sp³-hybridized carbons (Fsp3) is 0.273. The lowest BCUT2D eigenvalue weighted by Crippen LogP contribution is -2.48. The van der Waals surface area contributed by atoms with Crippen molar-refractivity contribution in [2.75, 3.05) is 31.1 Å². The molecule has 1 amide bonds. The number of nitrogens with zero attached hydrogens (tertiary/aromatic N) is 4. The van der Waals surface area contributed by atoms with Crippen molar-refractivity contribution in [3.05, 3.63) is 75.2 Å². The first-order valence-corrected chi connectivity index (χ1v) is 9.70. The number of carbonyl (C=O) groups is 1. The molecule has 1 aromatic heterocycles. The van der Waals surface area contributed by atoms with Gasteiger partial charge in [0, 0.05) is 54.6 Å². The van der Waals surface area contributed by atoms with Crippen LogP contribution in [-0.4, -0.2) is 46.9 Å². The fourth-order valence-electron chi connectivity index (χ4n) is 3.81. The van der Waals surface area contributed by atoms with Gasteiger partial charge in [-0.15, -0.1) is 0 Å². The summed E-state index contributed by atoms with van der Waals surface area (Å²) in [4.78, 5) is 31.9. The molecule has 0 aliphatic carbocycles. The number of carbonyl (C=O) groups excluding carboxylic acids is 1. The molecule has 2 aromatic carbocycles. The average molecular weight is 408 g/mol. The number of fused-ring (bicyclic) bond motifs is 1. The predicted molar refractivity (Wildman–Crippen MR) is 112 cm³/mol. The minimum Gasteiger partial charge on any atom is -0.367 e. The summed E-state index contributed by atoms with van der Waals surface area (Å²) in [5, 5.41) is 12.1. The maximum atomic E-state index is 13.8. The summed E-state index contributed by atoms with van der Waals surface area (Å²) in [5.41, 5.74) is 2.76. The molecule has 7 nitrogen and oxygen atoms in total. The first-order chi connectivity index (χ1) is 14.3. The van der Waals surface area contributed by atoms with Gasteiger partial charge in [-0.05, 0) is 37.6 Å². The fourth-order valence-corrected chi connectivity index (χ4v) is 3.81. The largest absolute Gasteiger partial charge is 0.367 e. The van der Waals surface area contributed by atoms with E-state index in [9.17, 15) is 19.3 Å². The minimum atomic E-state index is -0.421. The van der Waals surface area contributed by atoms with E-state index in [1.807, 2.05) is 19.1 Å². The van der Waals surface area contributed by atoms with Gasteiger partial charge in [-0.2, -0.15) is 0 Å². The molecule has 0 bridgehead atoms. The number of halogens is 1. The van der Waals surface area contributed by atoms with E-state index in [-0.39, 0.29) is 17.4 Å². The topological polar surface area (TPSA) is 79.6 Å². The molecule has 3 aromatic rings. The first-order valence-electron chi connectivity index (χ1n) is 9.70. The Kier molecular flexibility index (Phi) is 5.07. The Morgan fingerprint density at radius 3 is 2.50 bits per heavy atom. The number of anilines is 1. The van der Waals surface area contributed by atoms with Crippen LogP contribution in [0, 0.1) is 29.8 Å². The van der Waals surface area contributed by atoms with E-state index in [0.29, 0.717) is 48.5 Å². The lowest BCUT2D eigenvalue weighted by molar-refractivity contribution is -0.383. The predicted octanol–water partition coefficient (Wildman–Crippen LogP) is 3.86. The van der Waals surface area contributed by atoms with Crippen molar-refractivity contribution in [1.82, 2.24) is 9.88 Å². The number of aromatic nitrogens is 1. The van der Waals surface area contributed by atoms with Crippen LogP contribution in [-0.2, 0) is 0 Å². The van der Waals surface area contributed by atoms with Gasteiger partial charge in [0.15, 0.2) is 5.52 Å². The normalized spacial score (nSPS) is 14.2. The van der Waals surface area contributed by atoms with Crippen LogP contribution in [0.3, 0.4) is 0 Å². The number of nitro groups is 1. The van der Waals surface area contributed by atoms with Gasteiger partial charge in [0.05, 0.1) is 4.92 Å². The average Bonchev–Trinajstić information content (AvgIpc) is 2.74. The van der Waals surface area contributed by atoms with E-state index in [1.54, 1.807) is 30.0 Å². The summed E-state index contributed by atoms with van der Waals surface area (Å²) in [7, 11) is 0. The van der Waals surface area contributed by atoms with Crippen LogP contribution in [0.25, 0.3) is 10.9 Å². The Hall–Kier alpha value is -3.55. The molecule has 4 rings (SSSR count). The number of hydrogen-bond acceptors (Lipinski definition) is 5. The SMILES string of the molecule is Cc1cc(N2CCN(C(=O)c3ccc(C)c(F)c3)CC2)c2cccc([N+](=O)[O-])c2n1. The van der Waals surface area contributed by atoms with Crippen molar-refractivity contribution in [1.29, 1.82) is 0 Å². The van der Waals surface area contributed by atoms with Crippen molar-refractivity contribution in [3.8, 4) is 0 Å². The number of hydrogen-bond donors (Lipinski definition) is 0. The van der Waals surface area contributed by atoms with Crippen molar-refractivity contribution >= 4 is 28.2 Å². The van der Waals surface area contributed by atoms with Crippen LogP contribution < -0.4 is 4.90 Å². The zero-order valence-electron chi connectivity index (χ0n) is 16.8. The third-order valence-electron chi connectivity index (χ3n) is 5.45. The van der Waals surface area contributed by atoms with E-state index < -0.39 is 4.92 Å². The van der Waals surface area contributed by atoms with Crippen molar-refractivity contribution in [2.45, 2.75) is 13.8 Å². The van der Waals surface area contributed by atoms with E-state index in [0.717, 1.165) is 11.1 Å². The molecule has 30 heavy (non-hydrogen) atoms. The Morgan fingerprint density at radius 2 is 1.83 bits per heavy atom. The summed E-state index contributed by atoms with van der Waals surface area (Å²) in [5.74, 6) is -0.584. The van der Waals surface area contributed by atoms with Crippen LogP contribution >= 0.6 is 0 Å². The zero-order valence-corrected chi connectivity index (χ0v) is 16.8. The highest BCUT2D eigenvalue weighted by atomic mass is 19.1. The summed E-state index contributed by atoms with van der Waals surface area (Å²) in [6, 6.07) is 11.4. The second-order valence-electron chi connectivity index (χ2n) is 7.46. The van der Waals surface area contributed by atoms with Crippen molar-refractivity contribution in [3.63, 3.8) is 0 Å². The monoisotopic (exact) mass is 408 g/mol. The molecule has 0 atom stereocenters. The molecule has 0 spiro atoms. The Morgan fingerprint density at radius 1 is 1.10 bits per heavy atom. The number of rotatable bonds is 3. The Bertz CT molecular complexity index is 1160. The number of benzene rings is 2. The highest BCUT2D eigenvalue weighted by Crippen LogP contribution is 2.32. The summed E-state index contributed by atoms with van der Waals surface area (Å²) in [6.45, 7) is 5.57.